The molecule has 0 aliphatic carbocycles. The van der Waals surface area contributed by atoms with Gasteiger partial charge in [0.15, 0.2) is 0 Å². The molecule has 0 bridgehead atoms. The monoisotopic (exact) mass is 459 g/mol. The molecular weight excluding hydrogens is 414 g/mol. The molecule has 0 aliphatic rings. The van der Waals surface area contributed by atoms with Crippen LogP contribution in [0.25, 0.3) is 0 Å². The average molecular weight is 460 g/mol. The quantitative estimate of drug-likeness (QED) is 0.296. The third-order valence-corrected chi connectivity index (χ3v) is 4.40. The van der Waals surface area contributed by atoms with Gasteiger partial charge in [-0.2, -0.15) is 0 Å². The van der Waals surface area contributed by atoms with Gasteiger partial charge < -0.3 is 30.5 Å². The molecule has 4 N–H and O–H groups in total. The van der Waals surface area contributed by atoms with E-state index in [1.807, 2.05) is 34.6 Å². The Morgan fingerprint density at radius 2 is 1.56 bits per heavy atom. The van der Waals surface area contributed by atoms with E-state index in [1.165, 1.54) is 0 Å². The maximum atomic E-state index is 13.0. The van der Waals surface area contributed by atoms with Crippen molar-refractivity contribution >= 4 is 17.9 Å². The zero-order chi connectivity index (χ0) is 24.9. The van der Waals surface area contributed by atoms with Crippen molar-refractivity contribution in [3.8, 4) is 0 Å². The van der Waals surface area contributed by atoms with Crippen LogP contribution in [-0.4, -0.2) is 66.6 Å². The highest BCUT2D eigenvalue weighted by Crippen LogP contribution is 2.14. The Hall–Kier alpha value is -1.87. The molecule has 2 unspecified atom stereocenters. The number of carbonyl (C=O) groups is 3. The number of alkyl carbamates (subject to hydrolysis) is 1. The number of aliphatic hydroxyl groups excluding tert-OH is 1. The van der Waals surface area contributed by atoms with Crippen molar-refractivity contribution in [2.75, 3.05) is 19.8 Å². The highest BCUT2D eigenvalue weighted by Gasteiger charge is 2.30. The van der Waals surface area contributed by atoms with Gasteiger partial charge in [0.1, 0.15) is 11.6 Å². The Bertz CT molecular complexity index is 575. The topological polar surface area (TPSA) is 126 Å². The van der Waals surface area contributed by atoms with E-state index < -0.39 is 35.8 Å². The van der Waals surface area contributed by atoms with Gasteiger partial charge in [-0.25, -0.2) is 4.79 Å². The SMILES string of the molecule is CCOCCNC(=O)CC(O)C(CC(C)C)NC(=O)[C@H](CC(C)C)NC(=O)OC(C)(C)C. The van der Waals surface area contributed by atoms with Crippen molar-refractivity contribution in [3.63, 3.8) is 0 Å². The molecule has 32 heavy (non-hydrogen) atoms. The minimum atomic E-state index is -1.06. The zero-order valence-corrected chi connectivity index (χ0v) is 21.1. The van der Waals surface area contributed by atoms with Crippen LogP contribution in [0.4, 0.5) is 4.79 Å². The van der Waals surface area contributed by atoms with Crippen LogP contribution in [0.1, 0.15) is 74.7 Å². The van der Waals surface area contributed by atoms with Crippen LogP contribution >= 0.6 is 0 Å². The summed E-state index contributed by atoms with van der Waals surface area (Å²) in [5, 5.41) is 18.8. The van der Waals surface area contributed by atoms with E-state index in [0.29, 0.717) is 32.6 Å². The zero-order valence-electron chi connectivity index (χ0n) is 21.1. The van der Waals surface area contributed by atoms with E-state index in [0.717, 1.165) is 0 Å². The molecule has 9 heteroatoms. The number of amides is 3. The first-order chi connectivity index (χ1) is 14.7. The molecule has 9 nitrogen and oxygen atoms in total. The lowest BCUT2D eigenvalue weighted by molar-refractivity contribution is -0.128. The predicted molar refractivity (Wildman–Crippen MR) is 124 cm³/mol. The summed E-state index contributed by atoms with van der Waals surface area (Å²) in [5.74, 6) is -0.402. The number of hydrogen-bond donors (Lipinski definition) is 4. The maximum absolute atomic E-state index is 13.0. The van der Waals surface area contributed by atoms with Crippen molar-refractivity contribution in [3.05, 3.63) is 0 Å². The van der Waals surface area contributed by atoms with Gasteiger partial charge >= 0.3 is 6.09 Å². The number of hydrogen-bond acceptors (Lipinski definition) is 6. The fraction of sp³-hybridized carbons (Fsp3) is 0.870. The Labute approximate surface area is 193 Å². The van der Waals surface area contributed by atoms with Crippen LogP contribution in [0.3, 0.4) is 0 Å². The summed E-state index contributed by atoms with van der Waals surface area (Å²) < 4.78 is 10.5. The van der Waals surface area contributed by atoms with Gasteiger partial charge in [0, 0.05) is 13.2 Å². The Kier molecular flexibility index (Phi) is 14.2. The number of ether oxygens (including phenoxy) is 2. The van der Waals surface area contributed by atoms with Crippen molar-refractivity contribution in [1.29, 1.82) is 0 Å². The summed E-state index contributed by atoms with van der Waals surface area (Å²) in [6, 6.07) is -1.44. The second kappa shape index (κ2) is 15.1. The Morgan fingerprint density at radius 1 is 0.969 bits per heavy atom. The highest BCUT2D eigenvalue weighted by atomic mass is 16.6. The summed E-state index contributed by atoms with van der Waals surface area (Å²) in [7, 11) is 0. The van der Waals surface area contributed by atoms with E-state index in [2.05, 4.69) is 16.0 Å². The van der Waals surface area contributed by atoms with Crippen LogP contribution in [0.5, 0.6) is 0 Å². The van der Waals surface area contributed by atoms with Crippen molar-refractivity contribution in [1.82, 2.24) is 16.0 Å². The second-order valence-electron chi connectivity index (χ2n) is 9.89. The molecule has 3 atom stereocenters. The third kappa shape index (κ3) is 15.0. The molecule has 0 heterocycles. The minimum Gasteiger partial charge on any atom is -0.444 e. The Morgan fingerprint density at radius 3 is 2.06 bits per heavy atom. The Balaban J connectivity index is 5.13. The van der Waals surface area contributed by atoms with Gasteiger partial charge in [-0.05, 0) is 52.4 Å². The summed E-state index contributed by atoms with van der Waals surface area (Å²) in [4.78, 5) is 37.4. The third-order valence-electron chi connectivity index (χ3n) is 4.40. The van der Waals surface area contributed by atoms with Gasteiger partial charge in [-0.15, -0.1) is 0 Å². The lowest BCUT2D eigenvalue weighted by Crippen LogP contribution is -2.54. The van der Waals surface area contributed by atoms with E-state index >= 15 is 0 Å². The molecule has 0 spiro atoms. The first-order valence-electron chi connectivity index (χ1n) is 11.6. The predicted octanol–water partition coefficient (Wildman–Crippen LogP) is 2.36. The van der Waals surface area contributed by atoms with Crippen molar-refractivity contribution < 1.29 is 29.0 Å². The van der Waals surface area contributed by atoms with Crippen LogP contribution in [-0.2, 0) is 19.1 Å². The molecule has 0 rings (SSSR count). The smallest absolute Gasteiger partial charge is 0.408 e. The molecule has 0 saturated heterocycles. The first kappa shape index (κ1) is 30.1. The summed E-state index contributed by atoms with van der Waals surface area (Å²) >= 11 is 0. The van der Waals surface area contributed by atoms with Crippen LogP contribution in [0.2, 0.25) is 0 Å². The minimum absolute atomic E-state index is 0.141. The van der Waals surface area contributed by atoms with E-state index in [9.17, 15) is 19.5 Å². The van der Waals surface area contributed by atoms with Crippen molar-refractivity contribution in [2.24, 2.45) is 11.8 Å². The number of nitrogens with one attached hydrogen (secondary N) is 3. The standard InChI is InChI=1S/C23H45N3O6/c1-9-31-11-10-24-20(28)14-19(27)17(12-15(2)3)25-21(29)18(13-16(4)5)26-22(30)32-23(6,7)8/h15-19,27H,9-14H2,1-8H3,(H,24,28)(H,25,29)(H,26,30)/t17?,18-,19?/m0/s1. The summed E-state index contributed by atoms with van der Waals surface area (Å²) in [5.41, 5.74) is -0.686. The molecular formula is C23H45N3O6. The van der Waals surface area contributed by atoms with E-state index in [-0.39, 0.29) is 24.2 Å². The van der Waals surface area contributed by atoms with Crippen molar-refractivity contribution in [2.45, 2.75) is 98.4 Å². The largest absolute Gasteiger partial charge is 0.444 e. The molecule has 0 radical (unpaired) electrons. The molecule has 0 aromatic carbocycles. The van der Waals surface area contributed by atoms with E-state index in [1.54, 1.807) is 20.8 Å². The molecule has 0 saturated carbocycles. The normalized spacial score (nSPS) is 14.6. The molecule has 0 aliphatic heterocycles. The number of aliphatic hydroxyl groups is 1. The lowest BCUT2D eigenvalue weighted by Gasteiger charge is -2.29. The first-order valence-corrected chi connectivity index (χ1v) is 11.6. The molecule has 0 aromatic rings. The van der Waals surface area contributed by atoms with Crippen LogP contribution < -0.4 is 16.0 Å². The number of rotatable bonds is 14. The van der Waals surface area contributed by atoms with Gasteiger partial charge in [-0.3, -0.25) is 9.59 Å². The van der Waals surface area contributed by atoms with E-state index in [4.69, 9.17) is 9.47 Å². The fourth-order valence-corrected chi connectivity index (χ4v) is 3.07. The number of carbonyl (C=O) groups excluding carboxylic acids is 3. The lowest BCUT2D eigenvalue weighted by atomic mass is 9.96. The van der Waals surface area contributed by atoms with Crippen LogP contribution in [0, 0.1) is 11.8 Å². The molecule has 0 fully saturated rings. The summed E-state index contributed by atoms with van der Waals surface area (Å²) in [6.45, 7) is 16.3. The second-order valence-corrected chi connectivity index (χ2v) is 9.89. The molecule has 3 amide bonds. The summed E-state index contributed by atoms with van der Waals surface area (Å²) in [6.07, 6.45) is -0.978. The average Bonchev–Trinajstić information content (AvgIpc) is 2.61. The fourth-order valence-electron chi connectivity index (χ4n) is 3.07. The maximum Gasteiger partial charge on any atom is 0.408 e. The molecule has 0 aromatic heterocycles. The van der Waals surface area contributed by atoms with Crippen LogP contribution in [0.15, 0.2) is 0 Å². The van der Waals surface area contributed by atoms with Gasteiger partial charge in [0.05, 0.1) is 25.2 Å². The molecule has 188 valence electrons. The van der Waals surface area contributed by atoms with Gasteiger partial charge in [0.2, 0.25) is 11.8 Å². The highest BCUT2D eigenvalue weighted by molar-refractivity contribution is 5.86. The van der Waals surface area contributed by atoms with Gasteiger partial charge in [-0.1, -0.05) is 27.7 Å². The van der Waals surface area contributed by atoms with Gasteiger partial charge in [0.25, 0.3) is 0 Å².